The molecule has 0 saturated carbocycles. The second-order valence-electron chi connectivity index (χ2n) is 8.18. The van der Waals surface area contributed by atoms with E-state index < -0.39 is 5.60 Å². The number of piperazine rings is 1. The summed E-state index contributed by atoms with van der Waals surface area (Å²) in [6.07, 6.45) is 5.19. The van der Waals surface area contributed by atoms with Crippen molar-refractivity contribution in [3.05, 3.63) is 0 Å². The van der Waals surface area contributed by atoms with Crippen molar-refractivity contribution in [1.82, 2.24) is 14.7 Å². The Morgan fingerprint density at radius 1 is 0.955 bits per heavy atom. The van der Waals surface area contributed by atoms with Gasteiger partial charge in [0, 0.05) is 44.3 Å². The van der Waals surface area contributed by atoms with E-state index in [4.69, 9.17) is 4.74 Å². The maximum Gasteiger partial charge on any atom is 0.410 e. The van der Waals surface area contributed by atoms with Crippen LogP contribution in [0.1, 0.15) is 46.5 Å². The number of nitrogens with zero attached hydrogens (tertiary/aromatic N) is 3. The zero-order valence-corrected chi connectivity index (χ0v) is 14.5. The molecule has 5 heteroatoms. The lowest BCUT2D eigenvalue weighted by atomic mass is 9.96. The van der Waals surface area contributed by atoms with Gasteiger partial charge in [-0.2, -0.15) is 0 Å². The first-order chi connectivity index (χ1) is 10.3. The lowest BCUT2D eigenvalue weighted by molar-refractivity contribution is 0.00198. The number of carbonyl (C=O) groups excluding carboxylic acids is 1. The van der Waals surface area contributed by atoms with Gasteiger partial charge in [0.15, 0.2) is 0 Å². The Hall–Kier alpha value is -0.810. The first-order valence-electron chi connectivity index (χ1n) is 8.77. The van der Waals surface area contributed by atoms with E-state index in [1.165, 1.54) is 25.7 Å². The highest BCUT2D eigenvalue weighted by Gasteiger charge is 2.41. The van der Waals surface area contributed by atoms with Crippen molar-refractivity contribution in [2.45, 2.75) is 70.2 Å². The van der Waals surface area contributed by atoms with Crippen molar-refractivity contribution < 1.29 is 9.53 Å². The molecule has 0 aromatic carbocycles. The Bertz CT molecular complexity index is 399. The maximum absolute atomic E-state index is 12.1. The Morgan fingerprint density at radius 2 is 1.50 bits per heavy atom. The molecule has 1 amide bonds. The summed E-state index contributed by atoms with van der Waals surface area (Å²) < 4.78 is 5.48. The third-order valence-electron chi connectivity index (χ3n) is 5.56. The van der Waals surface area contributed by atoms with Crippen molar-refractivity contribution in [2.75, 3.05) is 33.2 Å². The molecule has 0 radical (unpaired) electrons. The van der Waals surface area contributed by atoms with E-state index in [9.17, 15) is 4.79 Å². The van der Waals surface area contributed by atoms with Gasteiger partial charge in [-0.25, -0.2) is 4.79 Å². The molecule has 2 bridgehead atoms. The number of piperidine rings is 1. The molecule has 22 heavy (non-hydrogen) atoms. The predicted molar refractivity (Wildman–Crippen MR) is 87.0 cm³/mol. The van der Waals surface area contributed by atoms with E-state index in [0.29, 0.717) is 0 Å². The zero-order valence-electron chi connectivity index (χ0n) is 14.5. The summed E-state index contributed by atoms with van der Waals surface area (Å²) in [6, 6.07) is 2.29. The minimum Gasteiger partial charge on any atom is -0.444 e. The summed E-state index contributed by atoms with van der Waals surface area (Å²) in [4.78, 5) is 19.2. The van der Waals surface area contributed by atoms with Crippen LogP contribution in [0.2, 0.25) is 0 Å². The van der Waals surface area contributed by atoms with Crippen LogP contribution in [0.15, 0.2) is 0 Å². The molecule has 0 spiro atoms. The van der Waals surface area contributed by atoms with Gasteiger partial charge in [0.1, 0.15) is 5.60 Å². The SMILES string of the molecule is CN1C2CCC1CC(N1CCN(C(=O)OC(C)(C)C)CC1)C2. The fraction of sp³-hybridized carbons (Fsp3) is 0.941. The van der Waals surface area contributed by atoms with E-state index in [0.717, 1.165) is 44.3 Å². The molecule has 2 atom stereocenters. The molecule has 3 rings (SSSR count). The molecule has 126 valence electrons. The molecular formula is C17H31N3O2. The Labute approximate surface area is 134 Å². The van der Waals surface area contributed by atoms with Crippen molar-refractivity contribution in [1.29, 1.82) is 0 Å². The Morgan fingerprint density at radius 3 is 2.00 bits per heavy atom. The molecule has 5 nitrogen and oxygen atoms in total. The Balaban J connectivity index is 1.49. The second-order valence-corrected chi connectivity index (χ2v) is 8.18. The minimum absolute atomic E-state index is 0.157. The van der Waals surface area contributed by atoms with Crippen LogP contribution < -0.4 is 0 Å². The summed E-state index contributed by atoms with van der Waals surface area (Å²) in [5, 5.41) is 0. The molecule has 2 unspecified atom stereocenters. The molecule has 3 heterocycles. The number of amides is 1. The van der Waals surface area contributed by atoms with Gasteiger partial charge in [0.05, 0.1) is 0 Å². The average Bonchev–Trinajstić information content (AvgIpc) is 2.67. The number of hydrogen-bond acceptors (Lipinski definition) is 4. The highest BCUT2D eigenvalue weighted by molar-refractivity contribution is 5.68. The molecule has 0 aromatic rings. The van der Waals surface area contributed by atoms with Crippen molar-refractivity contribution in [3.8, 4) is 0 Å². The predicted octanol–water partition coefficient (Wildman–Crippen LogP) is 2.16. The number of rotatable bonds is 1. The van der Waals surface area contributed by atoms with Crippen LogP contribution in [0.25, 0.3) is 0 Å². The van der Waals surface area contributed by atoms with Gasteiger partial charge in [0.2, 0.25) is 0 Å². The fourth-order valence-corrected chi connectivity index (χ4v) is 4.28. The highest BCUT2D eigenvalue weighted by Crippen LogP contribution is 2.36. The smallest absolute Gasteiger partial charge is 0.410 e. The normalized spacial score (nSPS) is 34.0. The van der Waals surface area contributed by atoms with E-state index in [1.54, 1.807) is 0 Å². The summed E-state index contributed by atoms with van der Waals surface area (Å²) in [6.45, 7) is 9.37. The molecule has 3 saturated heterocycles. The summed E-state index contributed by atoms with van der Waals surface area (Å²) in [5.74, 6) is 0. The van der Waals surface area contributed by atoms with Crippen LogP contribution >= 0.6 is 0 Å². The van der Waals surface area contributed by atoms with Gasteiger partial charge in [-0.1, -0.05) is 0 Å². The number of carbonyl (C=O) groups is 1. The van der Waals surface area contributed by atoms with E-state index in [1.807, 2.05) is 25.7 Å². The lowest BCUT2D eigenvalue weighted by Gasteiger charge is -2.45. The molecule has 3 aliphatic heterocycles. The van der Waals surface area contributed by atoms with Gasteiger partial charge in [0.25, 0.3) is 0 Å². The zero-order chi connectivity index (χ0) is 15.9. The van der Waals surface area contributed by atoms with Crippen LogP contribution in [0.4, 0.5) is 4.79 Å². The standard InChI is InChI=1S/C17H31N3O2/c1-17(2,3)22-16(21)20-9-7-19(8-10-20)15-11-13-5-6-14(12-15)18(13)4/h13-15H,5-12H2,1-4H3. The molecular weight excluding hydrogens is 278 g/mol. The third kappa shape index (κ3) is 3.40. The van der Waals surface area contributed by atoms with Gasteiger partial charge < -0.3 is 14.5 Å². The minimum atomic E-state index is -0.401. The monoisotopic (exact) mass is 309 g/mol. The fourth-order valence-electron chi connectivity index (χ4n) is 4.28. The molecule has 3 fully saturated rings. The summed E-state index contributed by atoms with van der Waals surface area (Å²) in [7, 11) is 2.29. The van der Waals surface area contributed by atoms with Crippen LogP contribution in [-0.2, 0) is 4.74 Å². The van der Waals surface area contributed by atoms with E-state index in [2.05, 4.69) is 16.8 Å². The Kier molecular flexibility index (Phi) is 4.38. The molecule has 3 aliphatic rings. The maximum atomic E-state index is 12.1. The van der Waals surface area contributed by atoms with Crippen LogP contribution in [0, 0.1) is 0 Å². The van der Waals surface area contributed by atoms with Crippen molar-refractivity contribution >= 4 is 6.09 Å². The van der Waals surface area contributed by atoms with Gasteiger partial charge in [-0.3, -0.25) is 4.90 Å². The second kappa shape index (κ2) is 6.00. The average molecular weight is 309 g/mol. The molecule has 0 N–H and O–H groups in total. The number of ether oxygens (including phenoxy) is 1. The van der Waals surface area contributed by atoms with Crippen LogP contribution in [-0.4, -0.2) is 77.7 Å². The van der Waals surface area contributed by atoms with Crippen LogP contribution in [0.5, 0.6) is 0 Å². The van der Waals surface area contributed by atoms with Gasteiger partial charge in [-0.15, -0.1) is 0 Å². The van der Waals surface area contributed by atoms with Crippen molar-refractivity contribution in [3.63, 3.8) is 0 Å². The topological polar surface area (TPSA) is 36.0 Å². The van der Waals surface area contributed by atoms with Gasteiger partial charge in [-0.05, 0) is 53.5 Å². The molecule has 0 aromatic heterocycles. The van der Waals surface area contributed by atoms with Gasteiger partial charge >= 0.3 is 6.09 Å². The first kappa shape index (κ1) is 16.1. The lowest BCUT2D eigenvalue weighted by Crippen LogP contribution is -2.56. The number of fused-ring (bicyclic) bond motifs is 2. The summed E-state index contributed by atoms with van der Waals surface area (Å²) >= 11 is 0. The number of hydrogen-bond donors (Lipinski definition) is 0. The highest BCUT2D eigenvalue weighted by atomic mass is 16.6. The van der Waals surface area contributed by atoms with Crippen LogP contribution in [0.3, 0.4) is 0 Å². The van der Waals surface area contributed by atoms with E-state index in [-0.39, 0.29) is 6.09 Å². The van der Waals surface area contributed by atoms with E-state index >= 15 is 0 Å². The quantitative estimate of drug-likeness (QED) is 0.744. The largest absolute Gasteiger partial charge is 0.444 e. The molecule has 0 aliphatic carbocycles. The third-order valence-corrected chi connectivity index (χ3v) is 5.56. The first-order valence-corrected chi connectivity index (χ1v) is 8.77. The summed E-state index contributed by atoms with van der Waals surface area (Å²) in [5.41, 5.74) is -0.401. The van der Waals surface area contributed by atoms with Crippen molar-refractivity contribution in [2.24, 2.45) is 0 Å².